The van der Waals surface area contributed by atoms with Crippen LogP contribution in [-0.2, 0) is 9.47 Å². The molecule has 2 aliphatic rings. The Hall–Kier alpha value is -2.13. The number of likely N-dealkylation sites (tertiary alicyclic amines) is 1. The number of hydrogen-bond acceptors (Lipinski definition) is 7. The maximum atomic E-state index is 12.5. The van der Waals surface area contributed by atoms with Gasteiger partial charge in [-0.2, -0.15) is 15.1 Å². The van der Waals surface area contributed by atoms with Gasteiger partial charge in [0.25, 0.3) is 0 Å². The van der Waals surface area contributed by atoms with Crippen molar-refractivity contribution in [2.24, 2.45) is 0 Å². The second-order valence-corrected chi connectivity index (χ2v) is 9.24. The third-order valence-electron chi connectivity index (χ3n) is 5.27. The van der Waals surface area contributed by atoms with Crippen molar-refractivity contribution in [2.75, 3.05) is 25.0 Å². The number of fused-ring (bicyclic) bond motifs is 1. The largest absolute Gasteiger partial charge is 0.444 e. The van der Waals surface area contributed by atoms with Gasteiger partial charge in [-0.05, 0) is 64.5 Å². The van der Waals surface area contributed by atoms with Crippen LogP contribution in [0.25, 0.3) is 11.0 Å². The van der Waals surface area contributed by atoms with Crippen molar-refractivity contribution in [1.29, 1.82) is 0 Å². The zero-order valence-corrected chi connectivity index (χ0v) is 18.5. The molecule has 1 amide bonds. The summed E-state index contributed by atoms with van der Waals surface area (Å²) in [5.41, 5.74) is 0.142. The number of nitrogens with zero attached hydrogens (tertiary/aromatic N) is 5. The van der Waals surface area contributed by atoms with Crippen LogP contribution in [-0.4, -0.2) is 62.1 Å². The van der Waals surface area contributed by atoms with Gasteiger partial charge >= 0.3 is 6.09 Å². The summed E-state index contributed by atoms with van der Waals surface area (Å²) in [6, 6.07) is 0.0368. The van der Waals surface area contributed by atoms with E-state index in [0.29, 0.717) is 24.6 Å². The number of halogens is 1. The first-order valence-corrected chi connectivity index (χ1v) is 10.9. The quantitative estimate of drug-likeness (QED) is 0.727. The van der Waals surface area contributed by atoms with Crippen LogP contribution in [0.15, 0.2) is 6.20 Å². The Labute approximate surface area is 181 Å². The molecule has 0 bridgehead atoms. The number of ether oxygens (including phenoxy) is 2. The lowest BCUT2D eigenvalue weighted by molar-refractivity contribution is -0.0370. The van der Waals surface area contributed by atoms with Crippen molar-refractivity contribution in [3.8, 4) is 0 Å². The first kappa shape index (κ1) is 21.1. The van der Waals surface area contributed by atoms with Crippen molar-refractivity contribution in [2.45, 2.75) is 70.7 Å². The normalized spacial score (nSPS) is 22.9. The Balaban J connectivity index is 1.52. The molecule has 2 aliphatic heterocycles. The van der Waals surface area contributed by atoms with Gasteiger partial charge in [-0.25, -0.2) is 9.48 Å². The van der Waals surface area contributed by atoms with Crippen LogP contribution in [0.4, 0.5) is 10.6 Å². The van der Waals surface area contributed by atoms with Gasteiger partial charge in [0.05, 0.1) is 11.6 Å². The molecule has 0 radical (unpaired) electrons. The molecule has 2 fully saturated rings. The zero-order chi connectivity index (χ0) is 21.3. The lowest BCUT2D eigenvalue weighted by Gasteiger charge is -2.34. The van der Waals surface area contributed by atoms with Gasteiger partial charge in [0.15, 0.2) is 11.9 Å². The molecule has 2 aromatic heterocycles. The molecule has 164 valence electrons. The SMILES string of the molecule is CC(C)(C)OC(=O)N1CCCC(Nc2nc(Cl)nc3c2cnn3C2CCCCO2)C1. The lowest BCUT2D eigenvalue weighted by atomic mass is 10.1. The maximum Gasteiger partial charge on any atom is 0.410 e. The van der Waals surface area contributed by atoms with Crippen molar-refractivity contribution in [3.05, 3.63) is 11.5 Å². The van der Waals surface area contributed by atoms with E-state index in [1.165, 1.54) is 0 Å². The molecule has 30 heavy (non-hydrogen) atoms. The Kier molecular flexibility index (Phi) is 6.02. The van der Waals surface area contributed by atoms with Gasteiger partial charge in [-0.1, -0.05) is 0 Å². The van der Waals surface area contributed by atoms with Crippen molar-refractivity contribution >= 4 is 34.5 Å². The molecule has 10 heteroatoms. The Morgan fingerprint density at radius 1 is 1.27 bits per heavy atom. The molecule has 4 heterocycles. The van der Waals surface area contributed by atoms with Crippen LogP contribution in [0.5, 0.6) is 0 Å². The average molecular weight is 437 g/mol. The molecule has 1 N–H and O–H groups in total. The summed E-state index contributed by atoms with van der Waals surface area (Å²) >= 11 is 6.23. The summed E-state index contributed by atoms with van der Waals surface area (Å²) in [7, 11) is 0. The number of nitrogens with one attached hydrogen (secondary N) is 1. The Morgan fingerprint density at radius 2 is 2.10 bits per heavy atom. The Bertz CT molecular complexity index is 906. The van der Waals surface area contributed by atoms with Gasteiger partial charge in [-0.15, -0.1) is 0 Å². The van der Waals surface area contributed by atoms with E-state index in [0.717, 1.165) is 44.1 Å². The minimum atomic E-state index is -0.514. The highest BCUT2D eigenvalue weighted by Crippen LogP contribution is 2.29. The molecule has 0 saturated carbocycles. The minimum absolute atomic E-state index is 0.0368. The molecule has 9 nitrogen and oxygen atoms in total. The summed E-state index contributed by atoms with van der Waals surface area (Å²) in [6.45, 7) is 7.56. The van der Waals surface area contributed by atoms with E-state index in [1.807, 2.05) is 20.8 Å². The first-order chi connectivity index (χ1) is 14.3. The van der Waals surface area contributed by atoms with E-state index in [4.69, 9.17) is 21.1 Å². The van der Waals surface area contributed by atoms with Gasteiger partial charge in [-0.3, -0.25) is 0 Å². The average Bonchev–Trinajstić information content (AvgIpc) is 3.11. The summed E-state index contributed by atoms with van der Waals surface area (Å²) in [4.78, 5) is 23.0. The molecule has 0 aromatic carbocycles. The highest BCUT2D eigenvalue weighted by Gasteiger charge is 2.29. The van der Waals surface area contributed by atoms with Gasteiger partial charge in [0.1, 0.15) is 11.4 Å². The molecule has 2 aromatic rings. The van der Waals surface area contributed by atoms with Crippen LogP contribution in [0.3, 0.4) is 0 Å². The number of amides is 1. The fraction of sp³-hybridized carbons (Fsp3) is 0.700. The Morgan fingerprint density at radius 3 is 2.83 bits per heavy atom. The standard InChI is InChI=1S/C20H29ClN6O3/c1-20(2,3)30-19(28)26-9-6-7-13(12-26)23-16-14-11-22-27(15-8-4-5-10-29-15)17(14)25-18(21)24-16/h11,13,15H,4-10,12H2,1-3H3,(H,23,24,25). The molecule has 2 atom stereocenters. The number of anilines is 1. The van der Waals surface area contributed by atoms with E-state index in [-0.39, 0.29) is 23.6 Å². The third kappa shape index (κ3) is 4.78. The molecule has 2 unspecified atom stereocenters. The summed E-state index contributed by atoms with van der Waals surface area (Å²) in [6.07, 6.45) is 6.19. The van der Waals surface area contributed by atoms with E-state index >= 15 is 0 Å². The fourth-order valence-corrected chi connectivity index (χ4v) is 4.08. The molecular weight excluding hydrogens is 408 g/mol. The molecule has 2 saturated heterocycles. The third-order valence-corrected chi connectivity index (χ3v) is 5.44. The fourth-order valence-electron chi connectivity index (χ4n) is 3.92. The smallest absolute Gasteiger partial charge is 0.410 e. The predicted molar refractivity (Wildman–Crippen MR) is 114 cm³/mol. The van der Waals surface area contributed by atoms with E-state index in [2.05, 4.69) is 20.4 Å². The van der Waals surface area contributed by atoms with Crippen LogP contribution >= 0.6 is 11.6 Å². The highest BCUT2D eigenvalue weighted by atomic mass is 35.5. The topological polar surface area (TPSA) is 94.4 Å². The van der Waals surface area contributed by atoms with Crippen molar-refractivity contribution < 1.29 is 14.3 Å². The number of aromatic nitrogens is 4. The van der Waals surface area contributed by atoms with Crippen LogP contribution < -0.4 is 5.32 Å². The van der Waals surface area contributed by atoms with Crippen LogP contribution in [0.1, 0.15) is 59.1 Å². The molecular formula is C20H29ClN6O3. The van der Waals surface area contributed by atoms with E-state index in [9.17, 15) is 4.79 Å². The number of piperidine rings is 1. The van der Waals surface area contributed by atoms with Gasteiger partial charge < -0.3 is 19.7 Å². The summed E-state index contributed by atoms with van der Waals surface area (Å²) < 4.78 is 13.2. The summed E-state index contributed by atoms with van der Waals surface area (Å²) in [5.74, 6) is 0.628. The second-order valence-electron chi connectivity index (χ2n) is 8.90. The number of rotatable bonds is 3. The van der Waals surface area contributed by atoms with E-state index in [1.54, 1.807) is 15.8 Å². The van der Waals surface area contributed by atoms with Gasteiger partial charge in [0.2, 0.25) is 5.28 Å². The lowest BCUT2D eigenvalue weighted by Crippen LogP contribution is -2.47. The molecule has 0 spiro atoms. The minimum Gasteiger partial charge on any atom is -0.444 e. The van der Waals surface area contributed by atoms with Crippen LogP contribution in [0.2, 0.25) is 5.28 Å². The molecule has 4 rings (SSSR count). The van der Waals surface area contributed by atoms with Gasteiger partial charge in [0, 0.05) is 25.7 Å². The van der Waals surface area contributed by atoms with Crippen LogP contribution in [0, 0.1) is 0 Å². The number of hydrogen-bond donors (Lipinski definition) is 1. The van der Waals surface area contributed by atoms with Crippen molar-refractivity contribution in [1.82, 2.24) is 24.6 Å². The highest BCUT2D eigenvalue weighted by molar-refractivity contribution is 6.28. The number of carbonyl (C=O) groups is 1. The monoisotopic (exact) mass is 436 g/mol. The second kappa shape index (κ2) is 8.55. The predicted octanol–water partition coefficient (Wildman–Crippen LogP) is 3.99. The summed E-state index contributed by atoms with van der Waals surface area (Å²) in [5, 5.41) is 8.90. The first-order valence-electron chi connectivity index (χ1n) is 10.6. The maximum absolute atomic E-state index is 12.5. The van der Waals surface area contributed by atoms with E-state index < -0.39 is 5.60 Å². The van der Waals surface area contributed by atoms with Crippen molar-refractivity contribution in [3.63, 3.8) is 0 Å². The molecule has 0 aliphatic carbocycles. The zero-order valence-electron chi connectivity index (χ0n) is 17.7. The number of carbonyl (C=O) groups excluding carboxylic acids is 1.